The van der Waals surface area contributed by atoms with E-state index < -0.39 is 17.8 Å². The summed E-state index contributed by atoms with van der Waals surface area (Å²) in [5.41, 5.74) is 0.435. The SMILES string of the molecule is C[C@H](CN(C)C[C@@H](O)c1ccsc1)NC(=O)OC(C)(C)C. The number of aliphatic hydroxyl groups is 1. The zero-order chi connectivity index (χ0) is 16.0. The van der Waals surface area contributed by atoms with Crippen molar-refractivity contribution in [1.29, 1.82) is 0 Å². The Balaban J connectivity index is 2.33. The van der Waals surface area contributed by atoms with Gasteiger partial charge in [-0.2, -0.15) is 11.3 Å². The number of alkyl carbamates (subject to hydrolysis) is 1. The molecule has 0 aliphatic rings. The van der Waals surface area contributed by atoms with Gasteiger partial charge >= 0.3 is 6.09 Å². The summed E-state index contributed by atoms with van der Waals surface area (Å²) in [5.74, 6) is 0. The number of nitrogens with zero attached hydrogens (tertiary/aromatic N) is 1. The molecule has 0 aliphatic heterocycles. The number of nitrogens with one attached hydrogen (secondary N) is 1. The molecule has 0 bridgehead atoms. The molecule has 2 N–H and O–H groups in total. The van der Waals surface area contributed by atoms with Crippen LogP contribution in [0.25, 0.3) is 0 Å². The van der Waals surface area contributed by atoms with Gasteiger partial charge in [0.15, 0.2) is 0 Å². The van der Waals surface area contributed by atoms with E-state index in [1.807, 2.05) is 56.5 Å². The number of aliphatic hydroxyl groups excluding tert-OH is 1. The molecule has 0 saturated heterocycles. The number of likely N-dealkylation sites (N-methyl/N-ethyl adjacent to an activating group) is 1. The van der Waals surface area contributed by atoms with Crippen LogP contribution < -0.4 is 5.32 Å². The first-order valence-electron chi connectivity index (χ1n) is 7.05. The zero-order valence-electron chi connectivity index (χ0n) is 13.4. The Bertz CT molecular complexity index is 429. The van der Waals surface area contributed by atoms with Crippen LogP contribution in [-0.4, -0.2) is 47.9 Å². The molecule has 1 heterocycles. The van der Waals surface area contributed by atoms with Gasteiger partial charge in [-0.3, -0.25) is 0 Å². The molecule has 120 valence electrons. The third kappa shape index (κ3) is 7.45. The van der Waals surface area contributed by atoms with Gasteiger partial charge in [0.2, 0.25) is 0 Å². The molecule has 21 heavy (non-hydrogen) atoms. The molecule has 0 aromatic carbocycles. The lowest BCUT2D eigenvalue weighted by atomic mass is 10.2. The van der Waals surface area contributed by atoms with Gasteiger partial charge in [0.25, 0.3) is 0 Å². The van der Waals surface area contributed by atoms with Gasteiger partial charge in [0.1, 0.15) is 5.60 Å². The molecule has 2 atom stereocenters. The smallest absolute Gasteiger partial charge is 0.407 e. The minimum Gasteiger partial charge on any atom is -0.444 e. The van der Waals surface area contributed by atoms with E-state index in [0.717, 1.165) is 5.56 Å². The van der Waals surface area contributed by atoms with Crippen molar-refractivity contribution >= 4 is 17.4 Å². The molecule has 1 aromatic heterocycles. The van der Waals surface area contributed by atoms with E-state index in [9.17, 15) is 9.90 Å². The summed E-state index contributed by atoms with van der Waals surface area (Å²) in [7, 11) is 1.92. The summed E-state index contributed by atoms with van der Waals surface area (Å²) in [6.07, 6.45) is -0.920. The predicted molar refractivity (Wildman–Crippen MR) is 85.6 cm³/mol. The minimum absolute atomic E-state index is 0.0560. The Morgan fingerprint density at radius 3 is 2.67 bits per heavy atom. The second kappa shape index (κ2) is 7.77. The third-order valence-corrected chi connectivity index (χ3v) is 3.46. The highest BCUT2D eigenvalue weighted by atomic mass is 32.1. The van der Waals surface area contributed by atoms with Crippen LogP contribution in [0.5, 0.6) is 0 Å². The number of rotatable bonds is 6. The molecule has 1 amide bonds. The van der Waals surface area contributed by atoms with Crippen LogP contribution in [0.2, 0.25) is 0 Å². The Hall–Kier alpha value is -1.11. The topological polar surface area (TPSA) is 61.8 Å². The largest absolute Gasteiger partial charge is 0.444 e. The number of hydrogen-bond acceptors (Lipinski definition) is 5. The van der Waals surface area contributed by atoms with E-state index in [-0.39, 0.29) is 6.04 Å². The van der Waals surface area contributed by atoms with E-state index in [1.54, 1.807) is 11.3 Å². The number of ether oxygens (including phenoxy) is 1. The summed E-state index contributed by atoms with van der Waals surface area (Å²) < 4.78 is 5.21. The average Bonchev–Trinajstić information content (AvgIpc) is 2.77. The molecular weight excluding hydrogens is 288 g/mol. The first-order chi connectivity index (χ1) is 9.67. The Morgan fingerprint density at radius 1 is 1.48 bits per heavy atom. The third-order valence-electron chi connectivity index (χ3n) is 2.76. The van der Waals surface area contributed by atoms with Crippen molar-refractivity contribution < 1.29 is 14.6 Å². The molecule has 5 nitrogen and oxygen atoms in total. The highest BCUT2D eigenvalue weighted by Gasteiger charge is 2.19. The van der Waals surface area contributed by atoms with E-state index in [2.05, 4.69) is 5.32 Å². The average molecular weight is 314 g/mol. The van der Waals surface area contributed by atoms with Gasteiger partial charge in [0, 0.05) is 19.1 Å². The normalized spacial score (nSPS) is 14.8. The summed E-state index contributed by atoms with van der Waals surface area (Å²) in [6, 6.07) is 1.87. The van der Waals surface area contributed by atoms with Gasteiger partial charge in [-0.25, -0.2) is 4.79 Å². The van der Waals surface area contributed by atoms with Crippen molar-refractivity contribution in [3.8, 4) is 0 Å². The van der Waals surface area contributed by atoms with E-state index >= 15 is 0 Å². The molecule has 0 spiro atoms. The number of hydrogen-bond donors (Lipinski definition) is 2. The van der Waals surface area contributed by atoms with Crippen molar-refractivity contribution in [3.05, 3.63) is 22.4 Å². The maximum absolute atomic E-state index is 11.7. The van der Waals surface area contributed by atoms with Crippen LogP contribution in [-0.2, 0) is 4.74 Å². The maximum atomic E-state index is 11.7. The van der Waals surface area contributed by atoms with Gasteiger partial charge in [-0.1, -0.05) is 0 Å². The summed E-state index contributed by atoms with van der Waals surface area (Å²) >= 11 is 1.57. The van der Waals surface area contributed by atoms with E-state index in [4.69, 9.17) is 4.74 Å². The van der Waals surface area contributed by atoms with Crippen LogP contribution in [0.15, 0.2) is 16.8 Å². The van der Waals surface area contributed by atoms with Crippen molar-refractivity contribution in [2.24, 2.45) is 0 Å². The molecule has 1 rings (SSSR count). The predicted octanol–water partition coefficient (Wildman–Crippen LogP) is 2.63. The minimum atomic E-state index is -0.505. The van der Waals surface area contributed by atoms with Crippen LogP contribution in [0.3, 0.4) is 0 Å². The maximum Gasteiger partial charge on any atom is 0.407 e. The van der Waals surface area contributed by atoms with Crippen molar-refractivity contribution in [2.45, 2.75) is 45.4 Å². The monoisotopic (exact) mass is 314 g/mol. The second-order valence-corrected chi connectivity index (χ2v) is 7.12. The molecule has 0 aliphatic carbocycles. The quantitative estimate of drug-likeness (QED) is 0.847. The van der Waals surface area contributed by atoms with E-state index in [0.29, 0.717) is 13.1 Å². The Kier molecular flexibility index (Phi) is 6.64. The van der Waals surface area contributed by atoms with Crippen molar-refractivity contribution in [1.82, 2.24) is 10.2 Å². The van der Waals surface area contributed by atoms with Crippen LogP contribution >= 0.6 is 11.3 Å². The zero-order valence-corrected chi connectivity index (χ0v) is 14.2. The molecule has 1 aromatic rings. The summed E-state index contributed by atoms with van der Waals surface area (Å²) in [6.45, 7) is 8.58. The summed E-state index contributed by atoms with van der Waals surface area (Å²) in [5, 5.41) is 16.8. The van der Waals surface area contributed by atoms with Crippen LogP contribution in [0, 0.1) is 0 Å². The van der Waals surface area contributed by atoms with Crippen LogP contribution in [0.1, 0.15) is 39.4 Å². The van der Waals surface area contributed by atoms with Gasteiger partial charge in [-0.05, 0) is 57.1 Å². The highest BCUT2D eigenvalue weighted by Crippen LogP contribution is 2.16. The fourth-order valence-corrected chi connectivity index (χ4v) is 2.67. The van der Waals surface area contributed by atoms with Crippen molar-refractivity contribution in [3.63, 3.8) is 0 Å². The number of carbonyl (C=O) groups is 1. The first kappa shape index (κ1) is 17.9. The van der Waals surface area contributed by atoms with Gasteiger partial charge < -0.3 is 20.1 Å². The molecule has 0 fully saturated rings. The van der Waals surface area contributed by atoms with Gasteiger partial charge in [0.05, 0.1) is 6.10 Å². The lowest BCUT2D eigenvalue weighted by Gasteiger charge is -2.26. The second-order valence-electron chi connectivity index (χ2n) is 6.34. The molecular formula is C15H26N2O3S. The Labute approximate surface area is 130 Å². The number of amides is 1. The van der Waals surface area contributed by atoms with Gasteiger partial charge in [-0.15, -0.1) is 0 Å². The molecule has 0 saturated carbocycles. The lowest BCUT2D eigenvalue weighted by Crippen LogP contribution is -2.43. The van der Waals surface area contributed by atoms with Crippen LogP contribution in [0.4, 0.5) is 4.79 Å². The standard InChI is InChI=1S/C15H26N2O3S/c1-11(16-14(19)20-15(2,3)4)8-17(5)9-13(18)12-6-7-21-10-12/h6-7,10-11,13,18H,8-9H2,1-5H3,(H,16,19)/t11-,13-/m1/s1. The van der Waals surface area contributed by atoms with E-state index in [1.165, 1.54) is 0 Å². The lowest BCUT2D eigenvalue weighted by molar-refractivity contribution is 0.0493. The Morgan fingerprint density at radius 2 is 2.14 bits per heavy atom. The molecule has 0 radical (unpaired) electrons. The summed E-state index contributed by atoms with van der Waals surface area (Å²) in [4.78, 5) is 13.7. The molecule has 0 unspecified atom stereocenters. The van der Waals surface area contributed by atoms with Crippen molar-refractivity contribution in [2.75, 3.05) is 20.1 Å². The highest BCUT2D eigenvalue weighted by molar-refractivity contribution is 7.07. The fraction of sp³-hybridized carbons (Fsp3) is 0.667. The molecule has 6 heteroatoms. The number of thiophene rings is 1. The fourth-order valence-electron chi connectivity index (χ4n) is 1.96. The first-order valence-corrected chi connectivity index (χ1v) is 8.00. The number of carbonyl (C=O) groups excluding carboxylic acids is 1.